The Hall–Kier alpha value is -1.40. The number of halogens is 1. The van der Waals surface area contributed by atoms with Crippen molar-refractivity contribution in [2.75, 3.05) is 18.4 Å². The quantitative estimate of drug-likeness (QED) is 0.787. The third kappa shape index (κ3) is 5.85. The summed E-state index contributed by atoms with van der Waals surface area (Å²) in [7, 11) is 0. The molecule has 2 N–H and O–H groups in total. The average Bonchev–Trinajstić information content (AvgIpc) is 2.39. The van der Waals surface area contributed by atoms with Crippen LogP contribution in [-0.2, 0) is 9.59 Å². The first-order valence-corrected chi connectivity index (χ1v) is 7.64. The maximum Gasteiger partial charge on any atom is 0.317 e. The van der Waals surface area contributed by atoms with Crippen molar-refractivity contribution >= 4 is 33.5 Å². The Labute approximate surface area is 133 Å². The van der Waals surface area contributed by atoms with Crippen molar-refractivity contribution in [2.45, 2.75) is 33.2 Å². The Balaban J connectivity index is 2.71. The number of carboxylic acid groups (broad SMARTS) is 1. The predicted molar refractivity (Wildman–Crippen MR) is 86.5 cm³/mol. The topological polar surface area (TPSA) is 69.6 Å². The third-order valence-corrected chi connectivity index (χ3v) is 3.95. The fraction of sp³-hybridized carbons (Fsp3) is 0.467. The maximum absolute atomic E-state index is 12.1. The minimum atomic E-state index is -0.931. The van der Waals surface area contributed by atoms with Gasteiger partial charge in [-0.25, -0.2) is 0 Å². The number of rotatable bonds is 7. The highest BCUT2D eigenvalue weighted by Crippen LogP contribution is 2.23. The summed E-state index contributed by atoms with van der Waals surface area (Å²) >= 11 is 3.40. The number of nitrogens with zero attached hydrogens (tertiary/aromatic N) is 1. The molecule has 1 aromatic rings. The van der Waals surface area contributed by atoms with E-state index in [1.54, 1.807) is 4.90 Å². The molecule has 1 aromatic carbocycles. The molecule has 0 radical (unpaired) electrons. The summed E-state index contributed by atoms with van der Waals surface area (Å²) in [6.07, 6.45) is 0.786. The number of carboxylic acids is 1. The number of amides is 1. The van der Waals surface area contributed by atoms with Crippen LogP contribution in [0, 0.1) is 6.92 Å². The molecule has 1 rings (SSSR count). The molecule has 1 unspecified atom stereocenters. The number of hydrogen-bond acceptors (Lipinski definition) is 3. The molecular formula is C15H21BrN2O3. The smallest absolute Gasteiger partial charge is 0.317 e. The molecule has 0 aliphatic rings. The van der Waals surface area contributed by atoms with Gasteiger partial charge < -0.3 is 10.4 Å². The lowest BCUT2D eigenvalue weighted by atomic mass is 10.2. The maximum atomic E-state index is 12.1. The molecule has 1 atom stereocenters. The van der Waals surface area contributed by atoms with Crippen LogP contribution in [-0.4, -0.2) is 41.0 Å². The van der Waals surface area contributed by atoms with Gasteiger partial charge in [0, 0.05) is 10.5 Å². The second-order valence-electron chi connectivity index (χ2n) is 5.09. The number of hydrogen-bond donors (Lipinski definition) is 2. The average molecular weight is 357 g/mol. The normalized spacial score (nSPS) is 12.2. The molecule has 0 bridgehead atoms. The summed E-state index contributed by atoms with van der Waals surface area (Å²) in [6.45, 7) is 5.76. The van der Waals surface area contributed by atoms with Gasteiger partial charge >= 0.3 is 5.97 Å². The second kappa shape index (κ2) is 8.14. The van der Waals surface area contributed by atoms with E-state index in [0.717, 1.165) is 16.5 Å². The Morgan fingerprint density at radius 1 is 1.38 bits per heavy atom. The van der Waals surface area contributed by atoms with Crippen LogP contribution in [0.25, 0.3) is 0 Å². The minimum absolute atomic E-state index is 0.0355. The molecule has 0 saturated carbocycles. The number of benzene rings is 1. The molecule has 5 nitrogen and oxygen atoms in total. The van der Waals surface area contributed by atoms with Crippen LogP contribution in [0.15, 0.2) is 22.7 Å². The monoisotopic (exact) mass is 356 g/mol. The van der Waals surface area contributed by atoms with Gasteiger partial charge in [-0.15, -0.1) is 0 Å². The van der Waals surface area contributed by atoms with E-state index in [1.807, 2.05) is 39.0 Å². The van der Waals surface area contributed by atoms with Crippen LogP contribution in [0.3, 0.4) is 0 Å². The second-order valence-corrected chi connectivity index (χ2v) is 5.94. The molecule has 116 valence electrons. The van der Waals surface area contributed by atoms with Crippen LogP contribution in [0.1, 0.15) is 25.8 Å². The lowest BCUT2D eigenvalue weighted by Gasteiger charge is -2.25. The SMILES string of the molecule is CCC(C)N(CC(=O)O)CC(=O)Nc1ccc(C)cc1Br. The highest BCUT2D eigenvalue weighted by atomic mass is 79.9. The Morgan fingerprint density at radius 2 is 2.05 bits per heavy atom. The largest absolute Gasteiger partial charge is 0.480 e. The number of aliphatic carboxylic acids is 1. The molecule has 0 saturated heterocycles. The van der Waals surface area contributed by atoms with Crippen molar-refractivity contribution in [2.24, 2.45) is 0 Å². The standard InChI is InChI=1S/C15H21BrN2O3/c1-4-11(3)18(9-15(20)21)8-14(19)17-13-6-5-10(2)7-12(13)16/h5-7,11H,4,8-9H2,1-3H3,(H,17,19)(H,20,21). The van der Waals surface area contributed by atoms with Gasteiger partial charge in [0.25, 0.3) is 0 Å². The van der Waals surface area contributed by atoms with Crippen molar-refractivity contribution in [3.05, 3.63) is 28.2 Å². The summed E-state index contributed by atoms with van der Waals surface area (Å²) in [4.78, 5) is 24.6. The number of carbonyl (C=O) groups excluding carboxylic acids is 1. The van der Waals surface area contributed by atoms with Gasteiger partial charge in [-0.1, -0.05) is 13.0 Å². The van der Waals surface area contributed by atoms with E-state index in [2.05, 4.69) is 21.2 Å². The zero-order chi connectivity index (χ0) is 16.0. The van der Waals surface area contributed by atoms with E-state index in [4.69, 9.17) is 5.11 Å². The number of nitrogens with one attached hydrogen (secondary N) is 1. The Kier molecular flexibility index (Phi) is 6.84. The molecule has 21 heavy (non-hydrogen) atoms. The molecule has 0 aromatic heterocycles. The summed E-state index contributed by atoms with van der Waals surface area (Å²) < 4.78 is 0.809. The van der Waals surface area contributed by atoms with Crippen molar-refractivity contribution in [1.29, 1.82) is 0 Å². The predicted octanol–water partition coefficient (Wildman–Crippen LogP) is 2.88. The molecule has 0 aliphatic heterocycles. The highest BCUT2D eigenvalue weighted by molar-refractivity contribution is 9.10. The van der Waals surface area contributed by atoms with Crippen molar-refractivity contribution in [1.82, 2.24) is 4.90 Å². The first-order valence-electron chi connectivity index (χ1n) is 6.85. The molecular weight excluding hydrogens is 336 g/mol. The Bertz CT molecular complexity index is 520. The van der Waals surface area contributed by atoms with Crippen molar-refractivity contribution in [3.63, 3.8) is 0 Å². The molecule has 0 aliphatic carbocycles. The molecule has 0 heterocycles. The summed E-state index contributed by atoms with van der Waals surface area (Å²) in [5, 5.41) is 11.7. The third-order valence-electron chi connectivity index (χ3n) is 3.30. The van der Waals surface area contributed by atoms with E-state index in [0.29, 0.717) is 5.69 Å². The van der Waals surface area contributed by atoms with Gasteiger partial charge in [0.15, 0.2) is 0 Å². The van der Waals surface area contributed by atoms with Crippen LogP contribution in [0.2, 0.25) is 0 Å². The van der Waals surface area contributed by atoms with Crippen LogP contribution in [0.4, 0.5) is 5.69 Å². The molecule has 6 heteroatoms. The lowest BCUT2D eigenvalue weighted by Crippen LogP contribution is -2.42. The summed E-state index contributed by atoms with van der Waals surface area (Å²) in [6, 6.07) is 5.68. The van der Waals surface area contributed by atoms with Crippen LogP contribution < -0.4 is 5.32 Å². The first-order chi connectivity index (χ1) is 9.83. The fourth-order valence-electron chi connectivity index (χ4n) is 1.90. The Morgan fingerprint density at radius 3 is 2.57 bits per heavy atom. The van der Waals surface area contributed by atoms with Gasteiger partial charge in [0.2, 0.25) is 5.91 Å². The fourth-order valence-corrected chi connectivity index (χ4v) is 2.49. The van der Waals surface area contributed by atoms with Crippen molar-refractivity contribution in [3.8, 4) is 0 Å². The van der Waals surface area contributed by atoms with Gasteiger partial charge in [0.1, 0.15) is 0 Å². The van der Waals surface area contributed by atoms with E-state index < -0.39 is 5.97 Å². The van der Waals surface area contributed by atoms with E-state index >= 15 is 0 Å². The van der Waals surface area contributed by atoms with E-state index in [1.165, 1.54) is 0 Å². The summed E-state index contributed by atoms with van der Waals surface area (Å²) in [5.74, 6) is -1.15. The molecule has 0 fully saturated rings. The molecule has 1 amide bonds. The van der Waals surface area contributed by atoms with Gasteiger partial charge in [-0.3, -0.25) is 14.5 Å². The first kappa shape index (κ1) is 17.7. The zero-order valence-corrected chi connectivity index (χ0v) is 14.1. The highest BCUT2D eigenvalue weighted by Gasteiger charge is 2.19. The summed E-state index contributed by atoms with van der Waals surface area (Å²) in [5.41, 5.74) is 1.78. The van der Waals surface area contributed by atoms with Gasteiger partial charge in [-0.2, -0.15) is 0 Å². The minimum Gasteiger partial charge on any atom is -0.480 e. The van der Waals surface area contributed by atoms with Crippen molar-refractivity contribution < 1.29 is 14.7 Å². The zero-order valence-electron chi connectivity index (χ0n) is 12.5. The van der Waals surface area contributed by atoms with E-state index in [-0.39, 0.29) is 25.0 Å². The van der Waals surface area contributed by atoms with Crippen LogP contribution >= 0.6 is 15.9 Å². The van der Waals surface area contributed by atoms with Gasteiger partial charge in [-0.05, 0) is 53.9 Å². The number of aryl methyl sites for hydroxylation is 1. The number of anilines is 1. The van der Waals surface area contributed by atoms with Crippen LogP contribution in [0.5, 0.6) is 0 Å². The van der Waals surface area contributed by atoms with Gasteiger partial charge in [0.05, 0.1) is 18.8 Å². The molecule has 0 spiro atoms. The van der Waals surface area contributed by atoms with E-state index in [9.17, 15) is 9.59 Å². The number of carbonyl (C=O) groups is 2. The lowest BCUT2D eigenvalue weighted by molar-refractivity contribution is -0.139.